The van der Waals surface area contributed by atoms with E-state index in [1.54, 1.807) is 30.3 Å². The molecule has 15 heavy (non-hydrogen) atoms. The summed E-state index contributed by atoms with van der Waals surface area (Å²) < 4.78 is 12.5. The van der Waals surface area contributed by atoms with Crippen LogP contribution >= 0.6 is 0 Å². The predicted molar refractivity (Wildman–Crippen MR) is 52.0 cm³/mol. The Kier molecular flexibility index (Phi) is 3.97. The number of carboxylic acid groups (broad SMARTS) is 1. The second kappa shape index (κ2) is 5.24. The van der Waals surface area contributed by atoms with Gasteiger partial charge in [-0.05, 0) is 12.0 Å². The standard InChI is InChI=1S/C11H11FO3/c12-11(15)9(7-10(13)14)6-8-4-2-1-3-5-8/h1-5,9H,6-7H2,(H,13,14)/t9-/m1/s1. The van der Waals surface area contributed by atoms with Crippen molar-refractivity contribution in [3.63, 3.8) is 0 Å². The molecule has 1 N–H and O–H groups in total. The van der Waals surface area contributed by atoms with E-state index in [9.17, 15) is 14.0 Å². The third-order valence-electron chi connectivity index (χ3n) is 2.07. The molecule has 1 aromatic rings. The second-order valence-corrected chi connectivity index (χ2v) is 3.29. The van der Waals surface area contributed by atoms with Crippen LogP contribution in [0.5, 0.6) is 0 Å². The fraction of sp³-hybridized carbons (Fsp3) is 0.273. The molecule has 0 bridgehead atoms. The van der Waals surface area contributed by atoms with Gasteiger partial charge < -0.3 is 5.11 Å². The van der Waals surface area contributed by atoms with Crippen molar-refractivity contribution in [2.24, 2.45) is 5.92 Å². The van der Waals surface area contributed by atoms with E-state index in [1.807, 2.05) is 0 Å². The molecule has 80 valence electrons. The predicted octanol–water partition coefficient (Wildman–Crippen LogP) is 1.82. The van der Waals surface area contributed by atoms with Gasteiger partial charge >= 0.3 is 12.0 Å². The van der Waals surface area contributed by atoms with Crippen molar-refractivity contribution in [1.29, 1.82) is 0 Å². The summed E-state index contributed by atoms with van der Waals surface area (Å²) in [5.74, 6) is -2.24. The van der Waals surface area contributed by atoms with Crippen molar-refractivity contribution in [3.8, 4) is 0 Å². The molecule has 0 fully saturated rings. The van der Waals surface area contributed by atoms with Crippen molar-refractivity contribution in [2.75, 3.05) is 0 Å². The van der Waals surface area contributed by atoms with Gasteiger partial charge in [-0.15, -0.1) is 0 Å². The number of hydrogen-bond acceptors (Lipinski definition) is 2. The normalized spacial score (nSPS) is 12.1. The van der Waals surface area contributed by atoms with Crippen LogP contribution in [0.4, 0.5) is 4.39 Å². The highest BCUT2D eigenvalue weighted by Gasteiger charge is 2.21. The average Bonchev–Trinajstić information content (AvgIpc) is 2.17. The third-order valence-corrected chi connectivity index (χ3v) is 2.07. The molecule has 1 aromatic carbocycles. The highest BCUT2D eigenvalue weighted by molar-refractivity contribution is 5.78. The first-order chi connectivity index (χ1) is 7.09. The summed E-state index contributed by atoms with van der Waals surface area (Å²) in [5, 5.41) is 8.49. The molecule has 0 aliphatic rings. The van der Waals surface area contributed by atoms with E-state index in [4.69, 9.17) is 5.11 Å². The number of carbonyl (C=O) groups is 2. The minimum absolute atomic E-state index is 0.127. The lowest BCUT2D eigenvalue weighted by atomic mass is 9.97. The zero-order valence-corrected chi connectivity index (χ0v) is 8.02. The maximum absolute atomic E-state index is 12.5. The number of carboxylic acids is 1. The molecule has 0 radical (unpaired) electrons. The number of aliphatic carboxylic acids is 1. The lowest BCUT2D eigenvalue weighted by molar-refractivity contribution is -0.143. The van der Waals surface area contributed by atoms with Crippen molar-refractivity contribution < 1.29 is 19.1 Å². The molecule has 0 amide bonds. The molecule has 0 saturated carbocycles. The molecule has 0 unspecified atom stereocenters. The van der Waals surface area contributed by atoms with Gasteiger partial charge in [0.1, 0.15) is 0 Å². The zero-order valence-electron chi connectivity index (χ0n) is 8.02. The van der Waals surface area contributed by atoms with Crippen LogP contribution in [0.1, 0.15) is 12.0 Å². The van der Waals surface area contributed by atoms with Gasteiger partial charge in [0.25, 0.3) is 0 Å². The monoisotopic (exact) mass is 210 g/mol. The molecule has 1 atom stereocenters. The Morgan fingerprint density at radius 2 is 1.87 bits per heavy atom. The highest BCUT2D eigenvalue weighted by Crippen LogP contribution is 2.14. The first-order valence-electron chi connectivity index (χ1n) is 4.54. The fourth-order valence-corrected chi connectivity index (χ4v) is 1.34. The highest BCUT2D eigenvalue weighted by atomic mass is 19.1. The third kappa shape index (κ3) is 3.89. The molecule has 0 aliphatic carbocycles. The SMILES string of the molecule is O=C(O)C[C@@H](Cc1ccccc1)C(=O)F. The van der Waals surface area contributed by atoms with Gasteiger partial charge in [-0.3, -0.25) is 9.59 Å². The smallest absolute Gasteiger partial charge is 0.305 e. The Bertz CT molecular complexity index is 348. The van der Waals surface area contributed by atoms with E-state index in [2.05, 4.69) is 0 Å². The summed E-state index contributed by atoms with van der Waals surface area (Å²) in [4.78, 5) is 20.9. The molecule has 3 nitrogen and oxygen atoms in total. The lowest BCUT2D eigenvalue weighted by Crippen LogP contribution is -2.17. The maximum Gasteiger partial charge on any atom is 0.305 e. The van der Waals surface area contributed by atoms with Crippen LogP contribution in [0.25, 0.3) is 0 Å². The largest absolute Gasteiger partial charge is 0.481 e. The van der Waals surface area contributed by atoms with E-state index in [0.717, 1.165) is 5.56 Å². The Morgan fingerprint density at radius 1 is 1.27 bits per heavy atom. The minimum atomic E-state index is -1.57. The molecule has 1 rings (SSSR count). The summed E-state index contributed by atoms with van der Waals surface area (Å²) >= 11 is 0. The van der Waals surface area contributed by atoms with E-state index in [0.29, 0.717) is 0 Å². The topological polar surface area (TPSA) is 54.4 Å². The van der Waals surface area contributed by atoms with Crippen LogP contribution in [0.3, 0.4) is 0 Å². The second-order valence-electron chi connectivity index (χ2n) is 3.29. The first kappa shape index (κ1) is 11.4. The van der Waals surface area contributed by atoms with E-state index >= 15 is 0 Å². The number of halogens is 1. The first-order valence-corrected chi connectivity index (χ1v) is 4.54. The van der Waals surface area contributed by atoms with Crippen molar-refractivity contribution in [3.05, 3.63) is 35.9 Å². The summed E-state index contributed by atoms with van der Waals surface area (Å²) in [7, 11) is 0. The quantitative estimate of drug-likeness (QED) is 0.754. The summed E-state index contributed by atoms with van der Waals surface area (Å²) in [6.45, 7) is 0. The van der Waals surface area contributed by atoms with E-state index in [-0.39, 0.29) is 6.42 Å². The Morgan fingerprint density at radius 3 is 2.33 bits per heavy atom. The van der Waals surface area contributed by atoms with Gasteiger partial charge in [0.2, 0.25) is 0 Å². The van der Waals surface area contributed by atoms with Crippen LogP contribution < -0.4 is 0 Å². The van der Waals surface area contributed by atoms with E-state index in [1.165, 1.54) is 0 Å². The molecule has 0 heterocycles. The minimum Gasteiger partial charge on any atom is -0.481 e. The van der Waals surface area contributed by atoms with Gasteiger partial charge in [-0.1, -0.05) is 30.3 Å². The molecule has 4 heteroatoms. The zero-order chi connectivity index (χ0) is 11.3. The summed E-state index contributed by atoms with van der Waals surface area (Å²) in [6.07, 6.45) is -0.341. The molecular weight excluding hydrogens is 199 g/mol. The van der Waals surface area contributed by atoms with Crippen LogP contribution in [-0.2, 0) is 16.0 Å². The van der Waals surface area contributed by atoms with Crippen LogP contribution in [0.15, 0.2) is 30.3 Å². The van der Waals surface area contributed by atoms with Crippen molar-refractivity contribution in [1.82, 2.24) is 0 Å². The number of benzene rings is 1. The molecule has 0 aliphatic heterocycles. The Hall–Kier alpha value is -1.71. The van der Waals surface area contributed by atoms with Crippen LogP contribution in [-0.4, -0.2) is 17.1 Å². The molecule has 0 aromatic heterocycles. The van der Waals surface area contributed by atoms with Gasteiger partial charge in [0, 0.05) is 0 Å². The number of carbonyl (C=O) groups excluding carboxylic acids is 1. The van der Waals surface area contributed by atoms with Gasteiger partial charge in [-0.2, -0.15) is 4.39 Å². The Labute approximate surface area is 86.5 Å². The van der Waals surface area contributed by atoms with Gasteiger partial charge in [-0.25, -0.2) is 0 Å². The maximum atomic E-state index is 12.5. The molecule has 0 spiro atoms. The number of hydrogen-bond donors (Lipinski definition) is 1. The van der Waals surface area contributed by atoms with Crippen molar-refractivity contribution >= 4 is 12.0 Å². The lowest BCUT2D eigenvalue weighted by Gasteiger charge is -2.08. The molecule has 0 saturated heterocycles. The molecular formula is C11H11FO3. The summed E-state index contributed by atoms with van der Waals surface area (Å²) in [6, 6.07) is 7.22. The fourth-order valence-electron chi connectivity index (χ4n) is 1.34. The average molecular weight is 210 g/mol. The van der Waals surface area contributed by atoms with Crippen LogP contribution in [0.2, 0.25) is 0 Å². The van der Waals surface area contributed by atoms with Gasteiger partial charge in [0.05, 0.1) is 12.3 Å². The van der Waals surface area contributed by atoms with Crippen molar-refractivity contribution in [2.45, 2.75) is 12.8 Å². The summed E-state index contributed by atoms with van der Waals surface area (Å²) in [5.41, 5.74) is 0.759. The van der Waals surface area contributed by atoms with Gasteiger partial charge in [0.15, 0.2) is 0 Å². The number of rotatable bonds is 5. The van der Waals surface area contributed by atoms with Crippen LogP contribution in [0, 0.1) is 5.92 Å². The van der Waals surface area contributed by atoms with E-state index < -0.39 is 24.3 Å². The Balaban J connectivity index is 2.67.